The van der Waals surface area contributed by atoms with Gasteiger partial charge in [-0.25, -0.2) is 0 Å². The Balaban J connectivity index is 0.00000162. The largest absolute Gasteiger partial charge is 0.327 e. The number of anilines is 1. The Kier molecular flexibility index (Phi) is 7.99. The molecule has 0 spiro atoms. The second-order valence-corrected chi connectivity index (χ2v) is 4.72. The van der Waals surface area contributed by atoms with E-state index in [0.29, 0.717) is 12.3 Å². The van der Waals surface area contributed by atoms with E-state index in [9.17, 15) is 4.79 Å². The Bertz CT molecular complexity index is 389. The maximum Gasteiger partial charge on any atom is 0.227 e. The molecule has 4 nitrogen and oxygen atoms in total. The molecule has 0 radical (unpaired) electrons. The lowest BCUT2D eigenvalue weighted by molar-refractivity contribution is -0.119. The van der Waals surface area contributed by atoms with Gasteiger partial charge in [-0.1, -0.05) is 6.42 Å². The maximum atomic E-state index is 12.1. The molecule has 6 heteroatoms. The number of hydrogen-bond acceptors (Lipinski definition) is 3. The molecule has 2 rings (SSSR count). The number of nitrogens with two attached hydrogens (primary N) is 1. The van der Waals surface area contributed by atoms with Gasteiger partial charge in [0.15, 0.2) is 0 Å². The highest BCUT2D eigenvalue weighted by Crippen LogP contribution is 2.27. The third kappa shape index (κ3) is 4.64. The van der Waals surface area contributed by atoms with Crippen LogP contribution in [0.5, 0.6) is 0 Å². The van der Waals surface area contributed by atoms with E-state index in [-0.39, 0.29) is 36.8 Å². The molecule has 2 atom stereocenters. The third-order valence-electron chi connectivity index (χ3n) is 3.56. The van der Waals surface area contributed by atoms with Crippen LogP contribution in [0.4, 0.5) is 5.69 Å². The second-order valence-electron chi connectivity index (χ2n) is 4.72. The average molecular weight is 306 g/mol. The number of amides is 1. The average Bonchev–Trinajstić information content (AvgIpc) is 2.75. The molecule has 1 amide bonds. The Morgan fingerprint density at radius 1 is 1.47 bits per heavy atom. The number of aromatic nitrogens is 1. The molecule has 19 heavy (non-hydrogen) atoms. The topological polar surface area (TPSA) is 59.2 Å². The van der Waals surface area contributed by atoms with Crippen molar-refractivity contribution in [1.82, 2.24) is 4.98 Å². The van der Waals surface area contributed by atoms with E-state index in [1.54, 1.807) is 24.3 Å². The van der Waals surface area contributed by atoms with Crippen molar-refractivity contribution in [2.45, 2.75) is 31.7 Å². The molecule has 1 aliphatic rings. The molecular formula is C13H21Cl2N3O. The highest BCUT2D eigenvalue weighted by Gasteiger charge is 2.27. The fourth-order valence-electron chi connectivity index (χ4n) is 2.38. The summed E-state index contributed by atoms with van der Waals surface area (Å²) in [4.78, 5) is 17.8. The van der Waals surface area contributed by atoms with Gasteiger partial charge in [0.2, 0.25) is 5.91 Å². The van der Waals surface area contributed by atoms with Gasteiger partial charge in [-0.2, -0.15) is 0 Å². The highest BCUT2D eigenvalue weighted by molar-refractivity contribution is 5.92. The van der Waals surface area contributed by atoms with E-state index in [1.165, 1.54) is 0 Å². The summed E-state index contributed by atoms with van der Waals surface area (Å²) < 4.78 is 0. The lowest BCUT2D eigenvalue weighted by atomic mass is 9.99. The van der Waals surface area contributed by atoms with E-state index in [2.05, 4.69) is 4.98 Å². The van der Waals surface area contributed by atoms with Crippen molar-refractivity contribution in [2.75, 3.05) is 11.9 Å². The van der Waals surface area contributed by atoms with Gasteiger partial charge >= 0.3 is 0 Å². The first-order valence-electron chi connectivity index (χ1n) is 6.10. The number of hydrogen-bond donors (Lipinski definition) is 1. The summed E-state index contributed by atoms with van der Waals surface area (Å²) in [5.74, 6) is 0.474. The number of rotatable bonds is 3. The van der Waals surface area contributed by atoms with Crippen LogP contribution in [0.2, 0.25) is 0 Å². The summed E-state index contributed by atoms with van der Waals surface area (Å²) in [7, 11) is 1.79. The zero-order chi connectivity index (χ0) is 12.3. The van der Waals surface area contributed by atoms with E-state index >= 15 is 0 Å². The zero-order valence-electron chi connectivity index (χ0n) is 11.0. The summed E-state index contributed by atoms with van der Waals surface area (Å²) in [6.07, 6.45) is 7.23. The van der Waals surface area contributed by atoms with Crippen molar-refractivity contribution in [3.63, 3.8) is 0 Å². The van der Waals surface area contributed by atoms with Crippen LogP contribution in [0.3, 0.4) is 0 Å². The molecule has 0 saturated heterocycles. The standard InChI is InChI=1S/C13H19N3O.2ClH/c1-16(11-5-3-7-15-9-11)13(17)8-10-4-2-6-12(10)14;;/h3,5,7,9-10,12H,2,4,6,8,14H2,1H3;2*1H/t10-,12+;;/m0../s1. The Morgan fingerprint density at radius 3 is 2.74 bits per heavy atom. The van der Waals surface area contributed by atoms with Gasteiger partial charge in [-0.3, -0.25) is 9.78 Å². The number of nitrogens with zero attached hydrogens (tertiary/aromatic N) is 2. The monoisotopic (exact) mass is 305 g/mol. The summed E-state index contributed by atoms with van der Waals surface area (Å²) >= 11 is 0. The van der Waals surface area contributed by atoms with E-state index in [0.717, 1.165) is 24.9 Å². The van der Waals surface area contributed by atoms with Crippen LogP contribution in [0, 0.1) is 5.92 Å². The quantitative estimate of drug-likeness (QED) is 0.933. The van der Waals surface area contributed by atoms with Gasteiger partial charge in [-0.05, 0) is 30.9 Å². The smallest absolute Gasteiger partial charge is 0.227 e. The number of carbonyl (C=O) groups is 1. The van der Waals surface area contributed by atoms with E-state index in [4.69, 9.17) is 5.73 Å². The molecule has 1 aromatic rings. The highest BCUT2D eigenvalue weighted by atomic mass is 35.5. The van der Waals surface area contributed by atoms with Gasteiger partial charge in [0.1, 0.15) is 0 Å². The van der Waals surface area contributed by atoms with Gasteiger partial charge in [0.25, 0.3) is 0 Å². The molecule has 1 fully saturated rings. The molecule has 0 aliphatic heterocycles. The summed E-state index contributed by atoms with van der Waals surface area (Å²) in [6.45, 7) is 0. The van der Waals surface area contributed by atoms with Crippen LogP contribution < -0.4 is 10.6 Å². The first-order valence-corrected chi connectivity index (χ1v) is 6.10. The van der Waals surface area contributed by atoms with Crippen molar-refractivity contribution in [1.29, 1.82) is 0 Å². The summed E-state index contributed by atoms with van der Waals surface area (Å²) in [5.41, 5.74) is 6.82. The molecule has 108 valence electrons. The van der Waals surface area contributed by atoms with Crippen LogP contribution in [-0.2, 0) is 4.79 Å². The first kappa shape index (κ1) is 18.2. The third-order valence-corrected chi connectivity index (χ3v) is 3.56. The van der Waals surface area contributed by atoms with Gasteiger partial charge in [0.05, 0.1) is 11.9 Å². The van der Waals surface area contributed by atoms with Crippen molar-refractivity contribution >= 4 is 36.4 Å². The lowest BCUT2D eigenvalue weighted by Gasteiger charge is -2.20. The lowest BCUT2D eigenvalue weighted by Crippen LogP contribution is -2.32. The van der Waals surface area contributed by atoms with Crippen LogP contribution >= 0.6 is 24.8 Å². The van der Waals surface area contributed by atoms with Crippen LogP contribution in [0.25, 0.3) is 0 Å². The molecule has 1 aliphatic carbocycles. The fraction of sp³-hybridized carbons (Fsp3) is 0.538. The molecule has 1 aromatic heterocycles. The van der Waals surface area contributed by atoms with Crippen molar-refractivity contribution in [3.8, 4) is 0 Å². The van der Waals surface area contributed by atoms with Crippen LogP contribution in [0.1, 0.15) is 25.7 Å². The Hall–Kier alpha value is -0.840. The summed E-state index contributed by atoms with van der Waals surface area (Å²) in [5, 5.41) is 0. The van der Waals surface area contributed by atoms with Crippen molar-refractivity contribution in [3.05, 3.63) is 24.5 Å². The Morgan fingerprint density at radius 2 is 2.21 bits per heavy atom. The molecule has 1 saturated carbocycles. The normalized spacial score (nSPS) is 21.2. The van der Waals surface area contributed by atoms with Crippen molar-refractivity contribution in [2.24, 2.45) is 11.7 Å². The van der Waals surface area contributed by atoms with Crippen LogP contribution in [-0.4, -0.2) is 24.0 Å². The van der Waals surface area contributed by atoms with Gasteiger partial charge < -0.3 is 10.6 Å². The number of pyridine rings is 1. The zero-order valence-corrected chi connectivity index (χ0v) is 12.6. The first-order chi connectivity index (χ1) is 8.18. The maximum absolute atomic E-state index is 12.1. The predicted octanol–water partition coefficient (Wildman–Crippen LogP) is 2.41. The second kappa shape index (κ2) is 8.35. The molecular weight excluding hydrogens is 285 g/mol. The number of halogens is 2. The number of carbonyl (C=O) groups excluding carboxylic acids is 1. The molecule has 1 heterocycles. The van der Waals surface area contributed by atoms with E-state index in [1.807, 2.05) is 12.1 Å². The fourth-order valence-corrected chi connectivity index (χ4v) is 2.38. The molecule has 0 aromatic carbocycles. The molecule has 0 unspecified atom stereocenters. The molecule has 0 bridgehead atoms. The van der Waals surface area contributed by atoms with Gasteiger partial charge in [-0.15, -0.1) is 24.8 Å². The minimum Gasteiger partial charge on any atom is -0.327 e. The SMILES string of the molecule is CN(C(=O)C[C@@H]1CCC[C@H]1N)c1cccnc1.Cl.Cl. The summed E-state index contributed by atoms with van der Waals surface area (Å²) in [6, 6.07) is 3.92. The minimum atomic E-state index is 0. The van der Waals surface area contributed by atoms with E-state index < -0.39 is 0 Å². The minimum absolute atomic E-state index is 0. The molecule has 2 N–H and O–H groups in total. The van der Waals surface area contributed by atoms with Crippen LogP contribution in [0.15, 0.2) is 24.5 Å². The Labute approximate surface area is 126 Å². The van der Waals surface area contributed by atoms with Crippen molar-refractivity contribution < 1.29 is 4.79 Å². The van der Waals surface area contributed by atoms with Gasteiger partial charge in [0, 0.05) is 25.7 Å². The predicted molar refractivity (Wildman–Crippen MR) is 82.1 cm³/mol.